The highest BCUT2D eigenvalue weighted by molar-refractivity contribution is 5.91. The summed E-state index contributed by atoms with van der Waals surface area (Å²) in [6.07, 6.45) is -4.57. The lowest BCUT2D eigenvalue weighted by Crippen LogP contribution is -2.41. The number of nitrogens with two attached hydrogens (primary N) is 1. The van der Waals surface area contributed by atoms with E-state index in [4.69, 9.17) is 10.5 Å². The summed E-state index contributed by atoms with van der Waals surface area (Å²) in [5.41, 5.74) is 5.34. The van der Waals surface area contributed by atoms with Crippen LogP contribution in [0.25, 0.3) is 22.4 Å². The molecule has 1 aromatic heterocycles. The molecule has 2 N–H and O–H groups in total. The van der Waals surface area contributed by atoms with Crippen molar-refractivity contribution in [2.45, 2.75) is 12.1 Å². The molecule has 0 unspecified atom stereocenters. The lowest BCUT2D eigenvalue weighted by atomic mass is 10.0. The van der Waals surface area contributed by atoms with Crippen molar-refractivity contribution in [2.24, 2.45) is 12.8 Å². The van der Waals surface area contributed by atoms with Crippen molar-refractivity contribution in [1.29, 1.82) is 0 Å². The van der Waals surface area contributed by atoms with E-state index in [1.165, 1.54) is 49.6 Å². The van der Waals surface area contributed by atoms with Gasteiger partial charge in [0, 0.05) is 24.4 Å². The van der Waals surface area contributed by atoms with Gasteiger partial charge in [-0.1, -0.05) is 36.4 Å². The number of para-hydroxylation sites is 1. The number of carbonyl (C=O) groups excluding carboxylic acids is 1. The first-order valence-corrected chi connectivity index (χ1v) is 9.05. The van der Waals surface area contributed by atoms with Crippen molar-refractivity contribution in [3.63, 3.8) is 0 Å². The van der Waals surface area contributed by atoms with Gasteiger partial charge in [-0.05, 0) is 17.7 Å². The summed E-state index contributed by atoms with van der Waals surface area (Å²) in [6.45, 7) is -1.89. The Balaban J connectivity index is 2.02. The molecule has 0 aliphatic carbocycles. The summed E-state index contributed by atoms with van der Waals surface area (Å²) in [4.78, 5) is 28.0. The molecule has 0 aliphatic rings. The van der Waals surface area contributed by atoms with E-state index in [1.807, 2.05) is 0 Å². The van der Waals surface area contributed by atoms with Crippen LogP contribution in [-0.4, -0.2) is 34.2 Å². The molecule has 0 saturated heterocycles. The minimum atomic E-state index is -5.75. The molecule has 0 spiro atoms. The Morgan fingerprint density at radius 3 is 2.38 bits per heavy atom. The molecule has 0 fully saturated rings. The molecule has 11 heteroatoms. The fourth-order valence-corrected chi connectivity index (χ4v) is 2.83. The smallest absolute Gasteiger partial charge is 0.456 e. The molecule has 0 aliphatic heterocycles. The quantitative estimate of drug-likeness (QED) is 0.576. The largest absolute Gasteiger partial charge is 0.486 e. The topological polar surface area (TPSA) is 87.2 Å². The van der Waals surface area contributed by atoms with Crippen molar-refractivity contribution in [2.75, 3.05) is 6.61 Å². The van der Waals surface area contributed by atoms with Crippen LogP contribution in [0.4, 0.5) is 22.0 Å². The van der Waals surface area contributed by atoms with Crippen molar-refractivity contribution in [3.05, 3.63) is 70.8 Å². The van der Waals surface area contributed by atoms with Crippen LogP contribution in [-0.2, 0) is 7.05 Å². The molecular weight excluding hydrogens is 437 g/mol. The van der Waals surface area contributed by atoms with Crippen molar-refractivity contribution < 1.29 is 31.5 Å². The number of nitrogens with zero attached hydrogens (tertiary/aromatic N) is 2. The van der Waals surface area contributed by atoms with Gasteiger partial charge in [0.05, 0.1) is 0 Å². The zero-order valence-electron chi connectivity index (χ0n) is 16.5. The standard InChI is InChI=1S/C21H16F5N3O3/c1-29-10-15(18(27)30)28-17(19(29)31)13-6-4-5-12(9-13)14-7-2-3-8-16(14)32-11-20(22,23)21(24,25)26/h2-10H,11H2,1H3,(H2,27,30). The highest BCUT2D eigenvalue weighted by Crippen LogP contribution is 2.37. The molecule has 0 atom stereocenters. The van der Waals surface area contributed by atoms with E-state index >= 15 is 0 Å². The molecular formula is C21H16F5N3O3. The predicted molar refractivity (Wildman–Crippen MR) is 105 cm³/mol. The number of aryl methyl sites for hydroxylation is 1. The Morgan fingerprint density at radius 2 is 1.72 bits per heavy atom. The summed E-state index contributed by atoms with van der Waals surface area (Å²) < 4.78 is 69.9. The number of hydrogen-bond acceptors (Lipinski definition) is 4. The highest BCUT2D eigenvalue weighted by atomic mass is 19.4. The van der Waals surface area contributed by atoms with E-state index in [2.05, 4.69) is 4.98 Å². The number of rotatable bonds is 6. The Hall–Kier alpha value is -3.76. The average Bonchev–Trinajstić information content (AvgIpc) is 2.73. The zero-order chi connectivity index (χ0) is 23.7. The second kappa shape index (κ2) is 8.40. The van der Waals surface area contributed by atoms with E-state index in [-0.39, 0.29) is 28.3 Å². The van der Waals surface area contributed by atoms with Crippen LogP contribution >= 0.6 is 0 Å². The molecule has 3 rings (SSSR count). The molecule has 0 radical (unpaired) electrons. The van der Waals surface area contributed by atoms with Gasteiger partial charge in [-0.2, -0.15) is 22.0 Å². The summed E-state index contributed by atoms with van der Waals surface area (Å²) in [5.74, 6) is -6.09. The average molecular weight is 453 g/mol. The number of amides is 1. The number of primary amides is 1. The fourth-order valence-electron chi connectivity index (χ4n) is 2.83. The number of ether oxygens (including phenoxy) is 1. The molecule has 1 amide bonds. The van der Waals surface area contributed by atoms with Gasteiger partial charge in [-0.15, -0.1) is 0 Å². The maximum absolute atomic E-state index is 13.3. The lowest BCUT2D eigenvalue weighted by molar-refractivity contribution is -0.289. The zero-order valence-corrected chi connectivity index (χ0v) is 16.5. The summed E-state index contributed by atoms with van der Waals surface area (Å²) in [6, 6.07) is 11.8. The Labute approximate surface area is 178 Å². The van der Waals surface area contributed by atoms with Crippen molar-refractivity contribution in [1.82, 2.24) is 9.55 Å². The molecule has 1 heterocycles. The van der Waals surface area contributed by atoms with Crippen LogP contribution < -0.4 is 16.0 Å². The first kappa shape index (κ1) is 22.9. The molecule has 168 valence electrons. The van der Waals surface area contributed by atoms with Crippen LogP contribution in [0.3, 0.4) is 0 Å². The third-order valence-corrected chi connectivity index (χ3v) is 4.48. The van der Waals surface area contributed by atoms with E-state index in [1.54, 1.807) is 12.1 Å². The molecule has 0 saturated carbocycles. The van der Waals surface area contributed by atoms with Gasteiger partial charge < -0.3 is 15.0 Å². The fraction of sp³-hybridized carbons (Fsp3) is 0.190. The number of carbonyl (C=O) groups is 1. The van der Waals surface area contributed by atoms with E-state index in [0.29, 0.717) is 5.56 Å². The van der Waals surface area contributed by atoms with Gasteiger partial charge in [0.2, 0.25) is 0 Å². The number of aromatic nitrogens is 2. The maximum atomic E-state index is 13.3. The van der Waals surface area contributed by atoms with Gasteiger partial charge in [0.25, 0.3) is 11.5 Å². The number of alkyl halides is 5. The SMILES string of the molecule is Cn1cc(C(N)=O)nc(-c2cccc(-c3ccccc3OCC(F)(F)C(F)(F)F)c2)c1=O. The molecule has 0 bridgehead atoms. The van der Waals surface area contributed by atoms with Crippen molar-refractivity contribution >= 4 is 5.91 Å². The lowest BCUT2D eigenvalue weighted by Gasteiger charge is -2.21. The summed E-state index contributed by atoms with van der Waals surface area (Å²) in [5, 5.41) is 0. The van der Waals surface area contributed by atoms with Gasteiger partial charge in [0.15, 0.2) is 6.61 Å². The Kier molecular flexibility index (Phi) is 6.02. The minimum absolute atomic E-state index is 0.0901. The van der Waals surface area contributed by atoms with Gasteiger partial charge >= 0.3 is 12.1 Å². The van der Waals surface area contributed by atoms with Crippen LogP contribution in [0.5, 0.6) is 5.75 Å². The first-order valence-electron chi connectivity index (χ1n) is 9.05. The molecule has 3 aromatic rings. The van der Waals surface area contributed by atoms with Crippen LogP contribution in [0.2, 0.25) is 0 Å². The van der Waals surface area contributed by atoms with E-state index in [9.17, 15) is 31.5 Å². The second-order valence-corrected chi connectivity index (χ2v) is 6.82. The summed E-state index contributed by atoms with van der Waals surface area (Å²) in [7, 11) is 1.41. The van der Waals surface area contributed by atoms with Crippen LogP contribution in [0.1, 0.15) is 10.5 Å². The maximum Gasteiger partial charge on any atom is 0.456 e. The van der Waals surface area contributed by atoms with E-state index in [0.717, 1.165) is 4.57 Å². The van der Waals surface area contributed by atoms with Gasteiger partial charge in [-0.3, -0.25) is 9.59 Å². The second-order valence-electron chi connectivity index (χ2n) is 6.82. The minimum Gasteiger partial charge on any atom is -0.486 e. The third-order valence-electron chi connectivity index (χ3n) is 4.48. The number of hydrogen-bond donors (Lipinski definition) is 1. The highest BCUT2D eigenvalue weighted by Gasteiger charge is 2.58. The third kappa shape index (κ3) is 4.61. The number of halogens is 5. The first-order chi connectivity index (χ1) is 14.9. The number of benzene rings is 2. The van der Waals surface area contributed by atoms with Gasteiger partial charge in [-0.25, -0.2) is 4.98 Å². The predicted octanol–water partition coefficient (Wildman–Crippen LogP) is 3.79. The van der Waals surface area contributed by atoms with Crippen LogP contribution in [0.15, 0.2) is 59.5 Å². The molecule has 32 heavy (non-hydrogen) atoms. The van der Waals surface area contributed by atoms with Gasteiger partial charge in [0.1, 0.15) is 17.1 Å². The summed E-state index contributed by atoms with van der Waals surface area (Å²) >= 11 is 0. The van der Waals surface area contributed by atoms with Crippen LogP contribution in [0, 0.1) is 0 Å². The normalized spacial score (nSPS) is 11.9. The Morgan fingerprint density at radius 1 is 1.06 bits per heavy atom. The molecule has 6 nitrogen and oxygen atoms in total. The monoisotopic (exact) mass is 453 g/mol. The Bertz CT molecular complexity index is 1220. The molecule has 2 aromatic carbocycles. The van der Waals surface area contributed by atoms with E-state index < -0.39 is 30.2 Å². The van der Waals surface area contributed by atoms with Crippen molar-refractivity contribution in [3.8, 4) is 28.1 Å².